The number of methoxy groups -OCH3 is 1. The van der Waals surface area contributed by atoms with Crippen LogP contribution in [-0.4, -0.2) is 45.2 Å². The fraction of sp³-hybridized carbons (Fsp3) is 0.538. The van der Waals surface area contributed by atoms with Gasteiger partial charge in [-0.15, -0.1) is 0 Å². The minimum Gasteiger partial charge on any atom is -0.497 e. The van der Waals surface area contributed by atoms with Crippen LogP contribution >= 0.6 is 0 Å². The molecule has 0 aliphatic heterocycles. The lowest BCUT2D eigenvalue weighted by Crippen LogP contribution is -2.35. The first kappa shape index (κ1) is 15.9. The van der Waals surface area contributed by atoms with Crippen molar-refractivity contribution in [3.8, 4) is 5.75 Å². The van der Waals surface area contributed by atoms with Gasteiger partial charge in [-0.3, -0.25) is 0 Å². The monoisotopic (exact) mass is 287 g/mol. The molecule has 0 bridgehead atoms. The van der Waals surface area contributed by atoms with E-state index in [2.05, 4.69) is 5.32 Å². The van der Waals surface area contributed by atoms with Crippen molar-refractivity contribution in [1.82, 2.24) is 5.32 Å². The number of rotatable bonds is 7. The fourth-order valence-electron chi connectivity index (χ4n) is 1.77. The van der Waals surface area contributed by atoms with E-state index in [9.17, 15) is 13.5 Å². The summed E-state index contributed by atoms with van der Waals surface area (Å²) in [6.07, 6.45) is 0.526. The van der Waals surface area contributed by atoms with E-state index in [0.29, 0.717) is 6.54 Å². The van der Waals surface area contributed by atoms with Gasteiger partial charge in [-0.2, -0.15) is 0 Å². The number of sulfone groups is 1. The Kier molecular flexibility index (Phi) is 5.78. The van der Waals surface area contributed by atoms with Crippen molar-refractivity contribution in [3.63, 3.8) is 0 Å². The number of ether oxygens (including phenoxy) is 1. The van der Waals surface area contributed by atoms with Gasteiger partial charge >= 0.3 is 0 Å². The normalized spacial score (nSPS) is 14.9. The highest BCUT2D eigenvalue weighted by atomic mass is 32.2. The molecular formula is C13H21NO4S. The number of aliphatic hydroxyl groups is 1. The van der Waals surface area contributed by atoms with Crippen LogP contribution in [0, 0.1) is 0 Å². The molecule has 19 heavy (non-hydrogen) atoms. The van der Waals surface area contributed by atoms with Crippen molar-refractivity contribution >= 4 is 9.84 Å². The maximum Gasteiger partial charge on any atom is 0.148 e. The number of hydrogen-bond acceptors (Lipinski definition) is 5. The maximum atomic E-state index is 11.1. The molecule has 1 aromatic carbocycles. The van der Waals surface area contributed by atoms with Crippen LogP contribution in [0.1, 0.15) is 18.6 Å². The van der Waals surface area contributed by atoms with Crippen LogP contribution in [0.4, 0.5) is 0 Å². The molecule has 0 heterocycles. The molecule has 2 unspecified atom stereocenters. The lowest BCUT2D eigenvalue weighted by atomic mass is 10.1. The SMILES string of the molecule is COc1ccc(C(O)CNC(C)CS(C)(=O)=O)cc1. The topological polar surface area (TPSA) is 75.6 Å². The average Bonchev–Trinajstić information content (AvgIpc) is 2.34. The summed E-state index contributed by atoms with van der Waals surface area (Å²) in [7, 11) is -1.42. The standard InChI is InChI=1S/C13H21NO4S/c1-10(9-19(3,16)17)14-8-13(15)11-4-6-12(18-2)7-5-11/h4-7,10,13-15H,8-9H2,1-3H3. The van der Waals surface area contributed by atoms with Gasteiger partial charge < -0.3 is 15.2 Å². The zero-order valence-corrected chi connectivity index (χ0v) is 12.3. The Morgan fingerprint density at radius 2 is 1.89 bits per heavy atom. The third kappa shape index (κ3) is 6.04. The van der Waals surface area contributed by atoms with Gasteiger partial charge in [-0.1, -0.05) is 12.1 Å². The van der Waals surface area contributed by atoms with E-state index >= 15 is 0 Å². The highest BCUT2D eigenvalue weighted by Gasteiger charge is 2.13. The van der Waals surface area contributed by atoms with E-state index in [1.54, 1.807) is 38.3 Å². The lowest BCUT2D eigenvalue weighted by Gasteiger charge is -2.17. The van der Waals surface area contributed by atoms with E-state index in [0.717, 1.165) is 11.3 Å². The molecule has 108 valence electrons. The van der Waals surface area contributed by atoms with Crippen LogP contribution in [0.5, 0.6) is 5.75 Å². The Labute approximate surface area is 114 Å². The summed E-state index contributed by atoms with van der Waals surface area (Å²) in [6.45, 7) is 2.09. The largest absolute Gasteiger partial charge is 0.497 e. The second-order valence-corrected chi connectivity index (χ2v) is 6.88. The molecule has 0 aliphatic carbocycles. The van der Waals surface area contributed by atoms with E-state index in [4.69, 9.17) is 4.74 Å². The van der Waals surface area contributed by atoms with Crippen LogP contribution in [0.3, 0.4) is 0 Å². The molecule has 6 heteroatoms. The zero-order chi connectivity index (χ0) is 14.5. The average molecular weight is 287 g/mol. The van der Waals surface area contributed by atoms with Gasteiger partial charge in [0.05, 0.1) is 19.0 Å². The first-order chi connectivity index (χ1) is 8.81. The Bertz CT molecular complexity index is 484. The second-order valence-electron chi connectivity index (χ2n) is 4.69. The van der Waals surface area contributed by atoms with Gasteiger partial charge in [0.1, 0.15) is 15.6 Å². The molecule has 0 aliphatic rings. The molecule has 0 spiro atoms. The quantitative estimate of drug-likeness (QED) is 0.774. The van der Waals surface area contributed by atoms with Crippen molar-refractivity contribution in [2.45, 2.75) is 19.1 Å². The minimum atomic E-state index is -3.01. The predicted molar refractivity (Wildman–Crippen MR) is 75.1 cm³/mol. The Balaban J connectivity index is 2.48. The molecule has 1 rings (SSSR count). The van der Waals surface area contributed by atoms with Crippen molar-refractivity contribution < 1.29 is 18.3 Å². The Morgan fingerprint density at radius 1 is 1.32 bits per heavy atom. The van der Waals surface area contributed by atoms with E-state index in [1.165, 1.54) is 6.26 Å². The van der Waals surface area contributed by atoms with Gasteiger partial charge in [0.25, 0.3) is 0 Å². The van der Waals surface area contributed by atoms with Crippen LogP contribution in [0.25, 0.3) is 0 Å². The third-order valence-corrected chi connectivity index (χ3v) is 3.82. The second kappa shape index (κ2) is 6.88. The molecular weight excluding hydrogens is 266 g/mol. The third-order valence-electron chi connectivity index (χ3n) is 2.71. The molecule has 0 saturated carbocycles. The van der Waals surface area contributed by atoms with Gasteiger partial charge in [0.2, 0.25) is 0 Å². The number of nitrogens with one attached hydrogen (secondary N) is 1. The summed E-state index contributed by atoms with van der Waals surface area (Å²) < 4.78 is 27.3. The van der Waals surface area contributed by atoms with Crippen molar-refractivity contribution in [2.24, 2.45) is 0 Å². The highest BCUT2D eigenvalue weighted by Crippen LogP contribution is 2.17. The van der Waals surface area contributed by atoms with Crippen molar-refractivity contribution in [3.05, 3.63) is 29.8 Å². The molecule has 0 saturated heterocycles. The van der Waals surface area contributed by atoms with Crippen LogP contribution < -0.4 is 10.1 Å². The molecule has 0 radical (unpaired) electrons. The summed E-state index contributed by atoms with van der Waals surface area (Å²) in [5.74, 6) is 0.789. The zero-order valence-electron chi connectivity index (χ0n) is 11.5. The fourth-order valence-corrected chi connectivity index (χ4v) is 2.80. The molecule has 5 nitrogen and oxygen atoms in total. The first-order valence-electron chi connectivity index (χ1n) is 6.05. The number of benzene rings is 1. The van der Waals surface area contributed by atoms with Crippen LogP contribution in [0.15, 0.2) is 24.3 Å². The molecule has 2 atom stereocenters. The van der Waals surface area contributed by atoms with Crippen molar-refractivity contribution in [2.75, 3.05) is 25.7 Å². The van der Waals surface area contributed by atoms with Gasteiger partial charge in [-0.25, -0.2) is 8.42 Å². The van der Waals surface area contributed by atoms with Gasteiger partial charge in [0.15, 0.2) is 0 Å². The van der Waals surface area contributed by atoms with E-state index in [1.807, 2.05) is 0 Å². The molecule has 0 amide bonds. The summed E-state index contributed by atoms with van der Waals surface area (Å²) in [6, 6.07) is 6.93. The molecule has 1 aromatic rings. The minimum absolute atomic E-state index is 0.0579. The van der Waals surface area contributed by atoms with E-state index < -0.39 is 15.9 Å². The molecule has 0 fully saturated rings. The summed E-state index contributed by atoms with van der Waals surface area (Å²) >= 11 is 0. The predicted octanol–water partition coefficient (Wildman–Crippen LogP) is 0.751. The number of aliphatic hydroxyl groups excluding tert-OH is 1. The van der Waals surface area contributed by atoms with E-state index in [-0.39, 0.29) is 11.8 Å². The lowest BCUT2D eigenvalue weighted by molar-refractivity contribution is 0.171. The molecule has 2 N–H and O–H groups in total. The Hall–Kier alpha value is -1.11. The Morgan fingerprint density at radius 3 is 2.37 bits per heavy atom. The summed E-state index contributed by atoms with van der Waals surface area (Å²) in [5.41, 5.74) is 0.764. The smallest absolute Gasteiger partial charge is 0.148 e. The maximum absolute atomic E-state index is 11.1. The van der Waals surface area contributed by atoms with Crippen LogP contribution in [-0.2, 0) is 9.84 Å². The summed E-state index contributed by atoms with van der Waals surface area (Å²) in [5, 5.41) is 13.0. The van der Waals surface area contributed by atoms with Crippen molar-refractivity contribution in [1.29, 1.82) is 0 Å². The molecule has 0 aromatic heterocycles. The summed E-state index contributed by atoms with van der Waals surface area (Å²) in [4.78, 5) is 0. The first-order valence-corrected chi connectivity index (χ1v) is 8.11. The highest BCUT2D eigenvalue weighted by molar-refractivity contribution is 7.90. The van der Waals surface area contributed by atoms with Gasteiger partial charge in [-0.05, 0) is 24.6 Å². The van der Waals surface area contributed by atoms with Crippen LogP contribution in [0.2, 0.25) is 0 Å². The van der Waals surface area contributed by atoms with Gasteiger partial charge in [0, 0.05) is 18.8 Å². The number of hydrogen-bond donors (Lipinski definition) is 2.